The van der Waals surface area contributed by atoms with Crippen molar-refractivity contribution in [2.24, 2.45) is 0 Å². The Labute approximate surface area is 136 Å². The van der Waals surface area contributed by atoms with Gasteiger partial charge in [0.1, 0.15) is 17.2 Å². The molecule has 5 heteroatoms. The monoisotopic (exact) mass is 315 g/mol. The highest BCUT2D eigenvalue weighted by Gasteiger charge is 2.13. The molecule has 0 radical (unpaired) electrons. The van der Waals surface area contributed by atoms with Crippen LogP contribution in [0.4, 0.5) is 5.69 Å². The van der Waals surface area contributed by atoms with Gasteiger partial charge in [-0.25, -0.2) is 0 Å². The Balaban J connectivity index is 2.16. The normalized spacial score (nSPS) is 10.1. The third-order valence-corrected chi connectivity index (χ3v) is 3.50. The molecule has 23 heavy (non-hydrogen) atoms. The van der Waals surface area contributed by atoms with E-state index in [1.807, 2.05) is 37.3 Å². The summed E-state index contributed by atoms with van der Waals surface area (Å²) in [6, 6.07) is 10.9. The molecule has 0 unspecified atom stereocenters. The minimum absolute atomic E-state index is 0.137. The number of methoxy groups -OCH3 is 3. The molecule has 0 bridgehead atoms. The van der Waals surface area contributed by atoms with E-state index in [2.05, 4.69) is 5.32 Å². The molecule has 0 aromatic heterocycles. The number of carbonyl (C=O) groups excluding carboxylic acids is 1. The number of rotatable bonds is 6. The molecule has 2 aromatic rings. The Morgan fingerprint density at radius 1 is 1.00 bits per heavy atom. The zero-order chi connectivity index (χ0) is 16.8. The van der Waals surface area contributed by atoms with Gasteiger partial charge < -0.3 is 19.5 Å². The van der Waals surface area contributed by atoms with Gasteiger partial charge in [0, 0.05) is 17.3 Å². The first-order valence-corrected chi connectivity index (χ1v) is 7.22. The number of ether oxygens (including phenoxy) is 3. The maximum absolute atomic E-state index is 12.3. The van der Waals surface area contributed by atoms with E-state index in [1.165, 1.54) is 0 Å². The second kappa shape index (κ2) is 7.54. The smallest absolute Gasteiger partial charge is 0.228 e. The van der Waals surface area contributed by atoms with Gasteiger partial charge in [0.25, 0.3) is 0 Å². The molecule has 0 atom stereocenters. The molecule has 0 spiro atoms. The van der Waals surface area contributed by atoms with Crippen molar-refractivity contribution >= 4 is 11.6 Å². The Bertz CT molecular complexity index is 697. The number of anilines is 1. The summed E-state index contributed by atoms with van der Waals surface area (Å²) in [7, 11) is 4.78. The van der Waals surface area contributed by atoms with Crippen LogP contribution >= 0.6 is 0 Å². The van der Waals surface area contributed by atoms with Crippen LogP contribution in [0.25, 0.3) is 0 Å². The van der Waals surface area contributed by atoms with Gasteiger partial charge in [-0.15, -0.1) is 0 Å². The van der Waals surface area contributed by atoms with Crippen LogP contribution in [0, 0.1) is 6.92 Å². The van der Waals surface area contributed by atoms with Crippen molar-refractivity contribution in [3.8, 4) is 17.2 Å². The van der Waals surface area contributed by atoms with Gasteiger partial charge in [-0.2, -0.15) is 0 Å². The van der Waals surface area contributed by atoms with Crippen LogP contribution in [0.15, 0.2) is 36.4 Å². The standard InChI is InChI=1S/C18H21NO4/c1-12-8-17(23-4)13(9-16(12)22-3)10-18(20)19-14-6-5-7-15(11-14)21-2/h5-9,11H,10H2,1-4H3,(H,19,20). The summed E-state index contributed by atoms with van der Waals surface area (Å²) in [5.74, 6) is 1.96. The topological polar surface area (TPSA) is 56.8 Å². The minimum atomic E-state index is -0.137. The van der Waals surface area contributed by atoms with E-state index in [1.54, 1.807) is 27.4 Å². The third-order valence-electron chi connectivity index (χ3n) is 3.50. The number of benzene rings is 2. The van der Waals surface area contributed by atoms with E-state index < -0.39 is 0 Å². The Morgan fingerprint density at radius 2 is 1.74 bits per heavy atom. The summed E-state index contributed by atoms with van der Waals surface area (Å²) < 4.78 is 15.8. The van der Waals surface area contributed by atoms with Crippen molar-refractivity contribution in [3.63, 3.8) is 0 Å². The van der Waals surface area contributed by atoms with Gasteiger partial charge in [0.05, 0.1) is 27.8 Å². The Kier molecular flexibility index (Phi) is 5.46. The summed E-state index contributed by atoms with van der Waals surface area (Å²) in [5.41, 5.74) is 2.42. The largest absolute Gasteiger partial charge is 0.497 e. The van der Waals surface area contributed by atoms with Gasteiger partial charge in [-0.3, -0.25) is 4.79 Å². The summed E-state index contributed by atoms with van der Waals surface area (Å²) in [6.45, 7) is 1.93. The molecular weight excluding hydrogens is 294 g/mol. The van der Waals surface area contributed by atoms with Crippen LogP contribution in [0.3, 0.4) is 0 Å². The number of hydrogen-bond donors (Lipinski definition) is 1. The number of carbonyl (C=O) groups is 1. The number of amides is 1. The molecule has 0 aliphatic heterocycles. The predicted molar refractivity (Wildman–Crippen MR) is 89.6 cm³/mol. The van der Waals surface area contributed by atoms with Crippen molar-refractivity contribution in [3.05, 3.63) is 47.5 Å². The van der Waals surface area contributed by atoms with Gasteiger partial charge in [-0.1, -0.05) is 6.07 Å². The SMILES string of the molecule is COc1cccc(NC(=O)Cc2cc(OC)c(C)cc2OC)c1. The fourth-order valence-corrected chi connectivity index (χ4v) is 2.33. The van der Waals surface area contributed by atoms with E-state index in [4.69, 9.17) is 14.2 Å². The molecule has 0 aliphatic carbocycles. The highest BCUT2D eigenvalue weighted by atomic mass is 16.5. The van der Waals surface area contributed by atoms with Crippen molar-refractivity contribution in [2.75, 3.05) is 26.6 Å². The van der Waals surface area contributed by atoms with Gasteiger partial charge >= 0.3 is 0 Å². The van der Waals surface area contributed by atoms with Crippen molar-refractivity contribution < 1.29 is 19.0 Å². The molecule has 0 saturated heterocycles. The van der Waals surface area contributed by atoms with Crippen LogP contribution in [0.5, 0.6) is 17.2 Å². The molecule has 0 fully saturated rings. The predicted octanol–water partition coefficient (Wildman–Crippen LogP) is 3.20. The second-order valence-electron chi connectivity index (χ2n) is 5.09. The lowest BCUT2D eigenvalue weighted by atomic mass is 10.1. The van der Waals surface area contributed by atoms with E-state index in [9.17, 15) is 4.79 Å². The van der Waals surface area contributed by atoms with E-state index in [0.717, 1.165) is 16.9 Å². The van der Waals surface area contributed by atoms with Gasteiger partial charge in [-0.05, 0) is 36.8 Å². The lowest BCUT2D eigenvalue weighted by Gasteiger charge is -2.13. The lowest BCUT2D eigenvalue weighted by Crippen LogP contribution is -2.15. The quantitative estimate of drug-likeness (QED) is 0.889. The lowest BCUT2D eigenvalue weighted by molar-refractivity contribution is -0.115. The average molecular weight is 315 g/mol. The first-order valence-electron chi connectivity index (χ1n) is 7.22. The molecule has 2 aromatic carbocycles. The summed E-state index contributed by atoms with van der Waals surface area (Å²) in [6.07, 6.45) is 0.191. The minimum Gasteiger partial charge on any atom is -0.497 e. The van der Waals surface area contributed by atoms with Crippen LogP contribution in [0.2, 0.25) is 0 Å². The fraction of sp³-hybridized carbons (Fsp3) is 0.278. The van der Waals surface area contributed by atoms with Gasteiger partial charge in [0.2, 0.25) is 5.91 Å². The number of aryl methyl sites for hydroxylation is 1. The van der Waals surface area contributed by atoms with Crippen molar-refractivity contribution in [2.45, 2.75) is 13.3 Å². The van der Waals surface area contributed by atoms with Crippen molar-refractivity contribution in [1.29, 1.82) is 0 Å². The van der Waals surface area contributed by atoms with Crippen LogP contribution in [-0.2, 0) is 11.2 Å². The maximum atomic E-state index is 12.3. The van der Waals surface area contributed by atoms with Crippen LogP contribution in [0.1, 0.15) is 11.1 Å². The maximum Gasteiger partial charge on any atom is 0.228 e. The van der Waals surface area contributed by atoms with Crippen LogP contribution < -0.4 is 19.5 Å². The number of nitrogens with one attached hydrogen (secondary N) is 1. The third kappa shape index (κ3) is 4.16. The zero-order valence-corrected chi connectivity index (χ0v) is 13.8. The average Bonchev–Trinajstić information content (AvgIpc) is 2.56. The van der Waals surface area contributed by atoms with E-state index in [0.29, 0.717) is 17.2 Å². The highest BCUT2D eigenvalue weighted by molar-refractivity contribution is 5.92. The molecule has 5 nitrogen and oxygen atoms in total. The summed E-state index contributed by atoms with van der Waals surface area (Å²) in [4.78, 5) is 12.3. The molecule has 0 aliphatic rings. The van der Waals surface area contributed by atoms with E-state index >= 15 is 0 Å². The Hall–Kier alpha value is -2.69. The fourth-order valence-electron chi connectivity index (χ4n) is 2.33. The molecule has 122 valence electrons. The molecule has 0 heterocycles. The summed E-state index contributed by atoms with van der Waals surface area (Å²) in [5, 5.41) is 2.85. The summed E-state index contributed by atoms with van der Waals surface area (Å²) >= 11 is 0. The van der Waals surface area contributed by atoms with E-state index in [-0.39, 0.29) is 12.3 Å². The van der Waals surface area contributed by atoms with Crippen molar-refractivity contribution in [1.82, 2.24) is 0 Å². The molecule has 0 saturated carbocycles. The first-order chi connectivity index (χ1) is 11.1. The first kappa shape index (κ1) is 16.7. The second-order valence-corrected chi connectivity index (χ2v) is 5.09. The number of hydrogen-bond acceptors (Lipinski definition) is 4. The van der Waals surface area contributed by atoms with Crippen LogP contribution in [-0.4, -0.2) is 27.2 Å². The zero-order valence-electron chi connectivity index (χ0n) is 13.8. The molecule has 2 rings (SSSR count). The molecular formula is C18H21NO4. The Morgan fingerprint density at radius 3 is 2.39 bits per heavy atom. The molecule has 1 N–H and O–H groups in total. The molecule has 1 amide bonds. The highest BCUT2D eigenvalue weighted by Crippen LogP contribution is 2.29. The van der Waals surface area contributed by atoms with Gasteiger partial charge in [0.15, 0.2) is 0 Å².